The molecule has 22 heavy (non-hydrogen) atoms. The summed E-state index contributed by atoms with van der Waals surface area (Å²) in [5.74, 6) is 0.769. The predicted molar refractivity (Wildman–Crippen MR) is 88.3 cm³/mol. The van der Waals surface area contributed by atoms with Crippen LogP contribution in [0, 0.1) is 0 Å². The van der Waals surface area contributed by atoms with E-state index < -0.39 is 0 Å². The number of nitrogens with zero attached hydrogens (tertiary/aromatic N) is 1. The average molecular weight is 300 g/mol. The lowest BCUT2D eigenvalue weighted by Crippen LogP contribution is -2.19. The van der Waals surface area contributed by atoms with Gasteiger partial charge in [0.1, 0.15) is 5.82 Å². The summed E-state index contributed by atoms with van der Waals surface area (Å²) in [4.78, 5) is 16.1. The van der Waals surface area contributed by atoms with Crippen molar-refractivity contribution in [3.8, 4) is 0 Å². The highest BCUT2D eigenvalue weighted by molar-refractivity contribution is 5.99. The molecule has 2 rings (SSSR count). The van der Waals surface area contributed by atoms with Crippen molar-refractivity contribution in [3.63, 3.8) is 0 Å². The zero-order valence-corrected chi connectivity index (χ0v) is 12.5. The minimum absolute atomic E-state index is 0.297. The van der Waals surface area contributed by atoms with Crippen LogP contribution in [0.1, 0.15) is 6.42 Å². The number of carbonyl (C=O) groups excluding carboxylic acids is 1. The molecule has 0 fully saturated rings. The maximum Gasteiger partial charge on any atom is 0.323 e. The summed E-state index contributed by atoms with van der Waals surface area (Å²) in [6.07, 6.45) is 2.53. The Kier molecular flexibility index (Phi) is 6.19. The average Bonchev–Trinajstić information content (AvgIpc) is 2.54. The lowest BCUT2D eigenvalue weighted by Gasteiger charge is -2.09. The van der Waals surface area contributed by atoms with Crippen LogP contribution in [-0.4, -0.2) is 31.3 Å². The molecule has 116 valence electrons. The summed E-state index contributed by atoms with van der Waals surface area (Å²) in [6, 6.07) is 12.6. The first kappa shape index (κ1) is 15.8. The lowest BCUT2D eigenvalue weighted by atomic mass is 10.3. The number of benzene rings is 1. The number of amides is 2. The van der Waals surface area contributed by atoms with Gasteiger partial charge in [-0.15, -0.1) is 0 Å². The summed E-state index contributed by atoms with van der Waals surface area (Å²) in [6.45, 7) is 1.51. The summed E-state index contributed by atoms with van der Waals surface area (Å²) >= 11 is 0. The standard InChI is InChI=1S/C16H20N4O2/c1-22-11-5-10-17-15-9-8-14(12-18-15)20-16(21)19-13-6-3-2-4-7-13/h2-4,6-9,12H,5,10-11H2,1H3,(H,17,18)(H2,19,20,21). The summed E-state index contributed by atoms with van der Waals surface area (Å²) < 4.78 is 4.98. The number of para-hydroxylation sites is 1. The third kappa shape index (κ3) is 5.41. The largest absolute Gasteiger partial charge is 0.385 e. The van der Waals surface area contributed by atoms with Crippen LogP contribution >= 0.6 is 0 Å². The van der Waals surface area contributed by atoms with E-state index in [1.54, 1.807) is 19.4 Å². The summed E-state index contributed by atoms with van der Waals surface area (Å²) in [5, 5.41) is 8.66. The van der Waals surface area contributed by atoms with Gasteiger partial charge in [0.05, 0.1) is 11.9 Å². The first-order chi connectivity index (χ1) is 10.8. The van der Waals surface area contributed by atoms with Crippen LogP contribution in [0.4, 0.5) is 22.0 Å². The molecule has 0 radical (unpaired) electrons. The molecule has 0 bridgehead atoms. The van der Waals surface area contributed by atoms with E-state index in [0.717, 1.165) is 24.5 Å². The number of methoxy groups -OCH3 is 1. The molecule has 6 nitrogen and oxygen atoms in total. The molecule has 1 heterocycles. The van der Waals surface area contributed by atoms with Crippen LogP contribution in [0.25, 0.3) is 0 Å². The van der Waals surface area contributed by atoms with Crippen molar-refractivity contribution in [1.29, 1.82) is 0 Å². The maximum absolute atomic E-state index is 11.8. The number of hydrogen-bond acceptors (Lipinski definition) is 4. The van der Waals surface area contributed by atoms with Crippen molar-refractivity contribution >= 4 is 23.2 Å². The number of anilines is 3. The van der Waals surface area contributed by atoms with E-state index in [2.05, 4.69) is 20.9 Å². The molecule has 2 aromatic rings. The number of aromatic nitrogens is 1. The number of pyridine rings is 1. The fourth-order valence-corrected chi connectivity index (χ4v) is 1.82. The zero-order chi connectivity index (χ0) is 15.6. The quantitative estimate of drug-likeness (QED) is 0.687. The highest BCUT2D eigenvalue weighted by Gasteiger charge is 2.02. The Morgan fingerprint density at radius 2 is 1.86 bits per heavy atom. The third-order valence-corrected chi connectivity index (χ3v) is 2.88. The van der Waals surface area contributed by atoms with E-state index >= 15 is 0 Å². The van der Waals surface area contributed by atoms with Gasteiger partial charge >= 0.3 is 6.03 Å². The molecular weight excluding hydrogens is 280 g/mol. The molecule has 0 unspecified atom stereocenters. The fourth-order valence-electron chi connectivity index (χ4n) is 1.82. The Morgan fingerprint density at radius 3 is 2.55 bits per heavy atom. The Hall–Kier alpha value is -2.60. The van der Waals surface area contributed by atoms with Gasteiger partial charge in [-0.05, 0) is 30.7 Å². The lowest BCUT2D eigenvalue weighted by molar-refractivity contribution is 0.198. The molecule has 0 spiro atoms. The Bertz CT molecular complexity index is 572. The molecule has 0 aliphatic heterocycles. The maximum atomic E-state index is 11.8. The molecule has 0 saturated heterocycles. The van der Waals surface area contributed by atoms with Crippen molar-refractivity contribution in [2.24, 2.45) is 0 Å². The van der Waals surface area contributed by atoms with Gasteiger partial charge in [0.2, 0.25) is 0 Å². The van der Waals surface area contributed by atoms with E-state index in [4.69, 9.17) is 4.74 Å². The minimum atomic E-state index is -0.297. The summed E-state index contributed by atoms with van der Waals surface area (Å²) in [7, 11) is 1.68. The summed E-state index contributed by atoms with van der Waals surface area (Å²) in [5.41, 5.74) is 1.38. The van der Waals surface area contributed by atoms with E-state index in [1.807, 2.05) is 36.4 Å². The molecule has 0 aliphatic rings. The molecule has 0 saturated carbocycles. The molecular formula is C16H20N4O2. The van der Waals surface area contributed by atoms with Gasteiger partial charge in [-0.2, -0.15) is 0 Å². The topological polar surface area (TPSA) is 75.3 Å². The second-order valence-electron chi connectivity index (χ2n) is 4.65. The molecule has 0 atom stereocenters. The number of ether oxygens (including phenoxy) is 1. The van der Waals surface area contributed by atoms with Crippen LogP contribution in [0.15, 0.2) is 48.7 Å². The number of nitrogens with one attached hydrogen (secondary N) is 3. The third-order valence-electron chi connectivity index (χ3n) is 2.88. The fraction of sp³-hybridized carbons (Fsp3) is 0.250. The van der Waals surface area contributed by atoms with Gasteiger partial charge < -0.3 is 20.7 Å². The Balaban J connectivity index is 1.79. The van der Waals surface area contributed by atoms with Crippen molar-refractivity contribution in [1.82, 2.24) is 4.98 Å². The van der Waals surface area contributed by atoms with E-state index in [-0.39, 0.29) is 6.03 Å². The molecule has 1 aromatic carbocycles. The second-order valence-corrected chi connectivity index (χ2v) is 4.65. The molecule has 0 aliphatic carbocycles. The molecule has 2 amide bonds. The first-order valence-electron chi connectivity index (χ1n) is 7.10. The Morgan fingerprint density at radius 1 is 1.09 bits per heavy atom. The number of carbonyl (C=O) groups is 1. The monoisotopic (exact) mass is 300 g/mol. The van der Waals surface area contributed by atoms with Gasteiger partial charge in [-0.1, -0.05) is 18.2 Å². The van der Waals surface area contributed by atoms with Crippen molar-refractivity contribution in [3.05, 3.63) is 48.7 Å². The van der Waals surface area contributed by atoms with Gasteiger partial charge in [0, 0.05) is 25.9 Å². The van der Waals surface area contributed by atoms with Gasteiger partial charge in [-0.25, -0.2) is 9.78 Å². The van der Waals surface area contributed by atoms with Crippen LogP contribution in [0.5, 0.6) is 0 Å². The van der Waals surface area contributed by atoms with Crippen LogP contribution < -0.4 is 16.0 Å². The van der Waals surface area contributed by atoms with Gasteiger partial charge in [0.15, 0.2) is 0 Å². The SMILES string of the molecule is COCCCNc1ccc(NC(=O)Nc2ccccc2)cn1. The highest BCUT2D eigenvalue weighted by Crippen LogP contribution is 2.11. The Labute approximate surface area is 129 Å². The number of hydrogen-bond donors (Lipinski definition) is 3. The molecule has 6 heteroatoms. The van der Waals surface area contributed by atoms with Crippen LogP contribution in [0.3, 0.4) is 0 Å². The van der Waals surface area contributed by atoms with E-state index in [9.17, 15) is 4.79 Å². The zero-order valence-electron chi connectivity index (χ0n) is 12.5. The second kappa shape index (κ2) is 8.63. The molecule has 3 N–H and O–H groups in total. The minimum Gasteiger partial charge on any atom is -0.385 e. The van der Waals surface area contributed by atoms with Crippen molar-refractivity contribution in [2.75, 3.05) is 36.2 Å². The number of rotatable bonds is 7. The van der Waals surface area contributed by atoms with E-state index in [1.165, 1.54) is 0 Å². The predicted octanol–water partition coefficient (Wildman–Crippen LogP) is 3.17. The van der Waals surface area contributed by atoms with Crippen LogP contribution in [-0.2, 0) is 4.74 Å². The van der Waals surface area contributed by atoms with Gasteiger partial charge in [-0.3, -0.25) is 0 Å². The van der Waals surface area contributed by atoms with Gasteiger partial charge in [0.25, 0.3) is 0 Å². The smallest absolute Gasteiger partial charge is 0.323 e. The van der Waals surface area contributed by atoms with Crippen molar-refractivity contribution < 1.29 is 9.53 Å². The van der Waals surface area contributed by atoms with E-state index in [0.29, 0.717) is 12.3 Å². The first-order valence-corrected chi connectivity index (χ1v) is 7.10. The number of urea groups is 1. The normalized spacial score (nSPS) is 10.0. The van der Waals surface area contributed by atoms with Crippen LogP contribution in [0.2, 0.25) is 0 Å². The highest BCUT2D eigenvalue weighted by atomic mass is 16.5. The van der Waals surface area contributed by atoms with Crippen molar-refractivity contribution in [2.45, 2.75) is 6.42 Å². The molecule has 1 aromatic heterocycles.